The number of hydrogen-bond acceptors (Lipinski definition) is 6. The summed E-state index contributed by atoms with van der Waals surface area (Å²) in [6.07, 6.45) is 0. The number of aryl methyl sites for hydroxylation is 1. The second-order valence-corrected chi connectivity index (χ2v) is 10.1. The van der Waals surface area contributed by atoms with Crippen molar-refractivity contribution in [1.29, 1.82) is 0 Å². The van der Waals surface area contributed by atoms with E-state index in [-0.39, 0.29) is 5.91 Å². The van der Waals surface area contributed by atoms with E-state index >= 15 is 0 Å². The molecule has 164 valence electrons. The number of aromatic nitrogens is 1. The van der Waals surface area contributed by atoms with Crippen molar-refractivity contribution in [3.63, 3.8) is 0 Å². The van der Waals surface area contributed by atoms with Gasteiger partial charge >= 0.3 is 0 Å². The third kappa shape index (κ3) is 5.23. The van der Waals surface area contributed by atoms with Gasteiger partial charge in [-0.1, -0.05) is 29.9 Å². The summed E-state index contributed by atoms with van der Waals surface area (Å²) in [5, 5.41) is 1.41. The second-order valence-electron chi connectivity index (χ2n) is 7.38. The zero-order chi connectivity index (χ0) is 21.8. The SMILES string of the molecule is CCSc1ccc(C(=O)N(CCN2CCOCC2)c2nc3c(C)c(Cl)ccc3s2)cc1. The van der Waals surface area contributed by atoms with Gasteiger partial charge in [-0.05, 0) is 54.6 Å². The molecule has 1 aliphatic rings. The number of benzene rings is 2. The van der Waals surface area contributed by atoms with E-state index in [1.807, 2.05) is 48.2 Å². The maximum atomic E-state index is 13.5. The maximum Gasteiger partial charge on any atom is 0.260 e. The summed E-state index contributed by atoms with van der Waals surface area (Å²) in [5.74, 6) is 0.983. The molecule has 1 fully saturated rings. The number of carbonyl (C=O) groups excluding carboxylic acids is 1. The minimum atomic E-state index is -0.0240. The van der Waals surface area contributed by atoms with Crippen LogP contribution in [0.3, 0.4) is 0 Å². The molecular formula is C23H26ClN3O2S2. The van der Waals surface area contributed by atoms with Gasteiger partial charge in [-0.2, -0.15) is 0 Å². The van der Waals surface area contributed by atoms with E-state index < -0.39 is 0 Å². The van der Waals surface area contributed by atoms with E-state index in [1.165, 1.54) is 16.2 Å². The van der Waals surface area contributed by atoms with E-state index in [0.717, 1.165) is 54.4 Å². The summed E-state index contributed by atoms with van der Waals surface area (Å²) in [5.41, 5.74) is 2.49. The molecule has 31 heavy (non-hydrogen) atoms. The van der Waals surface area contributed by atoms with E-state index in [9.17, 15) is 4.79 Å². The summed E-state index contributed by atoms with van der Waals surface area (Å²) >= 11 is 9.61. The first-order chi connectivity index (χ1) is 15.1. The van der Waals surface area contributed by atoms with Gasteiger partial charge in [0, 0.05) is 41.7 Å². The molecule has 4 rings (SSSR count). The van der Waals surface area contributed by atoms with E-state index in [1.54, 1.807) is 11.8 Å². The summed E-state index contributed by atoms with van der Waals surface area (Å²) in [6, 6.07) is 11.7. The predicted octanol–water partition coefficient (Wildman–Crippen LogP) is 5.35. The number of fused-ring (bicyclic) bond motifs is 1. The van der Waals surface area contributed by atoms with Crippen LogP contribution in [0, 0.1) is 6.92 Å². The Balaban J connectivity index is 1.63. The fourth-order valence-electron chi connectivity index (χ4n) is 3.57. The van der Waals surface area contributed by atoms with Crippen LogP contribution in [0.5, 0.6) is 0 Å². The Kier molecular flexibility index (Phi) is 7.51. The number of thiazole rings is 1. The highest BCUT2D eigenvalue weighted by Crippen LogP contribution is 2.34. The van der Waals surface area contributed by atoms with E-state index in [4.69, 9.17) is 21.3 Å². The van der Waals surface area contributed by atoms with Crippen molar-refractivity contribution in [3.8, 4) is 0 Å². The van der Waals surface area contributed by atoms with Crippen LogP contribution in [-0.4, -0.2) is 60.9 Å². The molecule has 0 bridgehead atoms. The van der Waals surface area contributed by atoms with Crippen molar-refractivity contribution in [1.82, 2.24) is 9.88 Å². The first kappa shape index (κ1) is 22.6. The molecule has 0 aliphatic carbocycles. The van der Waals surface area contributed by atoms with Gasteiger partial charge in [-0.15, -0.1) is 11.8 Å². The lowest BCUT2D eigenvalue weighted by molar-refractivity contribution is 0.0391. The van der Waals surface area contributed by atoms with Crippen molar-refractivity contribution in [2.24, 2.45) is 0 Å². The van der Waals surface area contributed by atoms with Crippen molar-refractivity contribution >= 4 is 56.0 Å². The van der Waals surface area contributed by atoms with Gasteiger partial charge in [0.1, 0.15) is 0 Å². The van der Waals surface area contributed by atoms with Crippen LogP contribution in [0.4, 0.5) is 5.13 Å². The molecule has 0 spiro atoms. The van der Waals surface area contributed by atoms with Crippen molar-refractivity contribution < 1.29 is 9.53 Å². The molecule has 0 atom stereocenters. The van der Waals surface area contributed by atoms with Gasteiger partial charge < -0.3 is 4.74 Å². The highest BCUT2D eigenvalue weighted by Gasteiger charge is 2.23. The Morgan fingerprint density at radius 1 is 1.23 bits per heavy atom. The molecule has 8 heteroatoms. The lowest BCUT2D eigenvalue weighted by Crippen LogP contribution is -2.43. The fourth-order valence-corrected chi connectivity index (χ4v) is 5.43. The maximum absolute atomic E-state index is 13.5. The average Bonchev–Trinajstić information content (AvgIpc) is 3.22. The number of thioether (sulfide) groups is 1. The van der Waals surface area contributed by atoms with Crippen LogP contribution in [0.15, 0.2) is 41.3 Å². The number of carbonyl (C=O) groups is 1. The lowest BCUT2D eigenvalue weighted by Gasteiger charge is -2.29. The van der Waals surface area contributed by atoms with Gasteiger partial charge in [-0.3, -0.25) is 14.6 Å². The van der Waals surface area contributed by atoms with Gasteiger partial charge in [0.25, 0.3) is 5.91 Å². The average molecular weight is 476 g/mol. The normalized spacial score (nSPS) is 14.8. The molecule has 1 aliphatic heterocycles. The van der Waals surface area contributed by atoms with E-state index in [0.29, 0.717) is 22.3 Å². The highest BCUT2D eigenvalue weighted by atomic mass is 35.5. The van der Waals surface area contributed by atoms with Crippen LogP contribution in [-0.2, 0) is 4.74 Å². The Labute approximate surface area is 196 Å². The van der Waals surface area contributed by atoms with Crippen molar-refractivity contribution in [3.05, 3.63) is 52.5 Å². The molecule has 1 saturated heterocycles. The minimum Gasteiger partial charge on any atom is -0.379 e. The number of rotatable bonds is 7. The smallest absolute Gasteiger partial charge is 0.260 e. The zero-order valence-corrected chi connectivity index (χ0v) is 20.2. The summed E-state index contributed by atoms with van der Waals surface area (Å²) in [6.45, 7) is 8.72. The van der Waals surface area contributed by atoms with Gasteiger partial charge in [0.2, 0.25) is 0 Å². The predicted molar refractivity (Wildman–Crippen MR) is 131 cm³/mol. The minimum absolute atomic E-state index is 0.0240. The number of nitrogens with zero attached hydrogens (tertiary/aromatic N) is 3. The fraction of sp³-hybridized carbons (Fsp3) is 0.391. The quantitative estimate of drug-likeness (QED) is 0.431. The third-order valence-corrected chi connectivity index (χ3v) is 7.72. The Morgan fingerprint density at radius 3 is 2.68 bits per heavy atom. The molecule has 0 N–H and O–H groups in total. The monoisotopic (exact) mass is 475 g/mol. The Bertz CT molecular complexity index is 1050. The highest BCUT2D eigenvalue weighted by molar-refractivity contribution is 7.99. The van der Waals surface area contributed by atoms with Crippen LogP contribution >= 0.6 is 34.7 Å². The zero-order valence-electron chi connectivity index (χ0n) is 17.8. The third-order valence-electron chi connectivity index (χ3n) is 5.37. The lowest BCUT2D eigenvalue weighted by atomic mass is 10.2. The number of morpholine rings is 1. The first-order valence-electron chi connectivity index (χ1n) is 10.5. The van der Waals surface area contributed by atoms with Crippen LogP contribution < -0.4 is 4.90 Å². The second kappa shape index (κ2) is 10.3. The summed E-state index contributed by atoms with van der Waals surface area (Å²) < 4.78 is 6.49. The largest absolute Gasteiger partial charge is 0.379 e. The molecule has 2 heterocycles. The van der Waals surface area contributed by atoms with Crippen LogP contribution in [0.25, 0.3) is 10.2 Å². The molecule has 0 radical (unpaired) electrons. The molecule has 2 aromatic carbocycles. The standard InChI is InChI=1S/C23H26ClN3O2S2/c1-3-30-18-6-4-17(5-7-18)22(28)27(11-10-26-12-14-29-15-13-26)23-25-21-16(2)19(24)8-9-20(21)31-23/h4-9H,3,10-15H2,1-2H3. The molecule has 5 nitrogen and oxygen atoms in total. The number of hydrogen-bond donors (Lipinski definition) is 0. The van der Waals surface area contributed by atoms with Gasteiger partial charge in [0.15, 0.2) is 5.13 Å². The van der Waals surface area contributed by atoms with Crippen LogP contribution in [0.1, 0.15) is 22.8 Å². The molecule has 1 amide bonds. The molecular weight excluding hydrogens is 450 g/mol. The van der Waals surface area contributed by atoms with Crippen molar-refractivity contribution in [2.75, 3.05) is 50.0 Å². The first-order valence-corrected chi connectivity index (χ1v) is 12.7. The molecule has 0 saturated carbocycles. The van der Waals surface area contributed by atoms with E-state index in [2.05, 4.69) is 11.8 Å². The van der Waals surface area contributed by atoms with Crippen molar-refractivity contribution in [2.45, 2.75) is 18.7 Å². The molecule has 3 aromatic rings. The number of halogens is 1. The summed E-state index contributed by atoms with van der Waals surface area (Å²) in [4.78, 5) is 23.7. The van der Waals surface area contributed by atoms with Gasteiger partial charge in [-0.25, -0.2) is 4.98 Å². The van der Waals surface area contributed by atoms with Gasteiger partial charge in [0.05, 0.1) is 23.4 Å². The topological polar surface area (TPSA) is 45.7 Å². The van der Waals surface area contributed by atoms with Crippen LogP contribution in [0.2, 0.25) is 5.02 Å². The number of amides is 1. The summed E-state index contributed by atoms with van der Waals surface area (Å²) in [7, 11) is 0. The number of ether oxygens (including phenoxy) is 1. The number of anilines is 1. The Morgan fingerprint density at radius 2 is 1.97 bits per heavy atom. The Hall–Kier alpha value is -1.64. The molecule has 0 unspecified atom stereocenters. The molecule has 1 aromatic heterocycles.